The molecule has 0 unspecified atom stereocenters. The van der Waals surface area contributed by atoms with Crippen LogP contribution in [-0.4, -0.2) is 41.5 Å². The molecule has 110 valence electrons. The number of anilines is 2. The number of piperazine rings is 1. The molecule has 1 N–H and O–H groups in total. The third-order valence-electron chi connectivity index (χ3n) is 3.89. The average molecular weight is 284 g/mol. The lowest BCUT2D eigenvalue weighted by Gasteiger charge is -2.37. The lowest BCUT2D eigenvalue weighted by Crippen LogP contribution is -2.46. The molecule has 3 rings (SSSR count). The van der Waals surface area contributed by atoms with Crippen LogP contribution in [0.1, 0.15) is 11.4 Å². The van der Waals surface area contributed by atoms with E-state index in [-0.39, 0.29) is 0 Å². The van der Waals surface area contributed by atoms with Crippen molar-refractivity contribution in [2.24, 2.45) is 0 Å². The Morgan fingerprint density at radius 3 is 2.38 bits per heavy atom. The molecule has 0 spiro atoms. The fourth-order valence-corrected chi connectivity index (χ4v) is 2.75. The quantitative estimate of drug-likeness (QED) is 0.915. The van der Waals surface area contributed by atoms with Crippen LogP contribution in [0.3, 0.4) is 0 Å². The molecule has 1 saturated heterocycles. The molecule has 5 nitrogen and oxygen atoms in total. The summed E-state index contributed by atoms with van der Waals surface area (Å²) < 4.78 is 0. The molecular formula is C16H20N4O. The van der Waals surface area contributed by atoms with E-state index in [4.69, 9.17) is 0 Å². The van der Waals surface area contributed by atoms with Crippen molar-refractivity contribution in [3.63, 3.8) is 0 Å². The molecule has 1 aromatic heterocycles. The van der Waals surface area contributed by atoms with Crippen molar-refractivity contribution in [1.29, 1.82) is 0 Å². The number of rotatable bonds is 2. The van der Waals surface area contributed by atoms with Crippen LogP contribution in [0.5, 0.6) is 5.75 Å². The van der Waals surface area contributed by atoms with E-state index in [1.54, 1.807) is 6.07 Å². The minimum Gasteiger partial charge on any atom is -0.508 e. The van der Waals surface area contributed by atoms with E-state index in [0.717, 1.165) is 43.3 Å². The molecular weight excluding hydrogens is 264 g/mol. The average Bonchev–Trinajstić information content (AvgIpc) is 2.50. The van der Waals surface area contributed by atoms with Gasteiger partial charge in [0.2, 0.25) is 0 Å². The lowest BCUT2D eigenvalue weighted by atomic mass is 10.2. The van der Waals surface area contributed by atoms with Crippen LogP contribution in [0.25, 0.3) is 0 Å². The van der Waals surface area contributed by atoms with Gasteiger partial charge in [0.25, 0.3) is 0 Å². The van der Waals surface area contributed by atoms with Gasteiger partial charge >= 0.3 is 0 Å². The minimum atomic E-state index is 0.319. The van der Waals surface area contributed by atoms with Crippen LogP contribution in [0, 0.1) is 13.8 Å². The Bertz CT molecular complexity index is 636. The number of benzene rings is 1. The monoisotopic (exact) mass is 284 g/mol. The number of nitrogens with zero attached hydrogens (tertiary/aromatic N) is 4. The first-order valence-corrected chi connectivity index (χ1v) is 7.23. The molecule has 5 heteroatoms. The van der Waals surface area contributed by atoms with Gasteiger partial charge in [0, 0.05) is 37.9 Å². The van der Waals surface area contributed by atoms with Crippen LogP contribution < -0.4 is 9.80 Å². The molecule has 0 radical (unpaired) electrons. The van der Waals surface area contributed by atoms with Gasteiger partial charge in [0.05, 0.1) is 17.1 Å². The highest BCUT2D eigenvalue weighted by Gasteiger charge is 2.19. The zero-order valence-corrected chi connectivity index (χ0v) is 12.5. The van der Waals surface area contributed by atoms with Gasteiger partial charge in [-0.15, -0.1) is 0 Å². The van der Waals surface area contributed by atoms with E-state index in [0.29, 0.717) is 5.75 Å². The van der Waals surface area contributed by atoms with Gasteiger partial charge in [0.15, 0.2) is 0 Å². The highest BCUT2D eigenvalue weighted by Crippen LogP contribution is 2.24. The Balaban J connectivity index is 1.72. The summed E-state index contributed by atoms with van der Waals surface area (Å²) in [4.78, 5) is 4.66. The maximum atomic E-state index is 9.59. The van der Waals surface area contributed by atoms with Gasteiger partial charge in [0.1, 0.15) is 5.75 Å². The number of aromatic nitrogens is 2. The van der Waals surface area contributed by atoms with Crippen LogP contribution in [0.2, 0.25) is 0 Å². The smallest absolute Gasteiger partial charge is 0.117 e. The predicted octanol–water partition coefficient (Wildman–Crippen LogP) is 2.13. The van der Waals surface area contributed by atoms with E-state index in [2.05, 4.69) is 26.1 Å². The normalized spacial score (nSPS) is 15.3. The first-order valence-electron chi connectivity index (χ1n) is 7.23. The summed E-state index contributed by atoms with van der Waals surface area (Å²) in [5, 5.41) is 17.9. The predicted molar refractivity (Wildman–Crippen MR) is 84.0 cm³/mol. The molecule has 0 saturated carbocycles. The topological polar surface area (TPSA) is 52.5 Å². The van der Waals surface area contributed by atoms with E-state index in [1.165, 1.54) is 5.69 Å². The fraction of sp³-hybridized carbons (Fsp3) is 0.375. The Morgan fingerprint density at radius 1 is 0.952 bits per heavy atom. The molecule has 1 aromatic carbocycles. The number of phenolic OH excluding ortho intramolecular Hbond substituents is 1. The number of hydrogen-bond acceptors (Lipinski definition) is 5. The highest BCUT2D eigenvalue weighted by atomic mass is 16.3. The molecule has 1 aliphatic rings. The van der Waals surface area contributed by atoms with E-state index in [9.17, 15) is 5.11 Å². The minimum absolute atomic E-state index is 0.319. The number of aryl methyl sites for hydroxylation is 2. The van der Waals surface area contributed by atoms with Crippen LogP contribution in [0.15, 0.2) is 30.3 Å². The first-order chi connectivity index (χ1) is 10.1. The van der Waals surface area contributed by atoms with Crippen molar-refractivity contribution >= 4 is 11.4 Å². The van der Waals surface area contributed by atoms with Crippen molar-refractivity contribution < 1.29 is 5.11 Å². The first kappa shape index (κ1) is 13.7. The Hall–Kier alpha value is -2.30. The van der Waals surface area contributed by atoms with Crippen molar-refractivity contribution in [1.82, 2.24) is 10.2 Å². The highest BCUT2D eigenvalue weighted by molar-refractivity contribution is 5.55. The maximum Gasteiger partial charge on any atom is 0.117 e. The second-order valence-corrected chi connectivity index (χ2v) is 5.45. The second kappa shape index (κ2) is 5.60. The van der Waals surface area contributed by atoms with E-state index < -0.39 is 0 Å². The lowest BCUT2D eigenvalue weighted by molar-refractivity contribution is 0.475. The van der Waals surface area contributed by atoms with Crippen molar-refractivity contribution in [2.75, 3.05) is 36.0 Å². The summed E-state index contributed by atoms with van der Waals surface area (Å²) >= 11 is 0. The summed E-state index contributed by atoms with van der Waals surface area (Å²) in [5.41, 5.74) is 4.19. The largest absolute Gasteiger partial charge is 0.508 e. The van der Waals surface area contributed by atoms with E-state index >= 15 is 0 Å². The van der Waals surface area contributed by atoms with Crippen LogP contribution in [-0.2, 0) is 0 Å². The second-order valence-electron chi connectivity index (χ2n) is 5.45. The summed E-state index contributed by atoms with van der Waals surface area (Å²) in [6, 6.07) is 9.55. The van der Waals surface area contributed by atoms with Crippen molar-refractivity contribution in [3.05, 3.63) is 41.7 Å². The van der Waals surface area contributed by atoms with Crippen molar-refractivity contribution in [2.45, 2.75) is 13.8 Å². The Kier molecular flexibility index (Phi) is 3.64. The van der Waals surface area contributed by atoms with Gasteiger partial charge in [-0.1, -0.05) is 6.07 Å². The molecule has 0 aliphatic carbocycles. The van der Waals surface area contributed by atoms with Crippen LogP contribution in [0.4, 0.5) is 11.4 Å². The van der Waals surface area contributed by atoms with Gasteiger partial charge in [-0.2, -0.15) is 10.2 Å². The number of hydrogen-bond donors (Lipinski definition) is 1. The standard InChI is InChI=1S/C16H20N4O/c1-12-10-16(13(2)18-17-12)20-8-6-19(7-9-20)14-4-3-5-15(21)11-14/h3-5,10-11,21H,6-9H2,1-2H3. The molecule has 0 atom stereocenters. The maximum absolute atomic E-state index is 9.59. The van der Waals surface area contributed by atoms with Crippen molar-refractivity contribution in [3.8, 4) is 5.75 Å². The Morgan fingerprint density at radius 2 is 1.67 bits per heavy atom. The third-order valence-corrected chi connectivity index (χ3v) is 3.89. The molecule has 1 aliphatic heterocycles. The zero-order chi connectivity index (χ0) is 14.8. The fourth-order valence-electron chi connectivity index (χ4n) is 2.75. The summed E-state index contributed by atoms with van der Waals surface area (Å²) in [6.45, 7) is 7.74. The van der Waals surface area contributed by atoms with Gasteiger partial charge in [-0.05, 0) is 32.0 Å². The third kappa shape index (κ3) is 2.91. The molecule has 0 bridgehead atoms. The SMILES string of the molecule is Cc1cc(N2CCN(c3cccc(O)c3)CC2)c(C)nn1. The molecule has 1 fully saturated rings. The molecule has 21 heavy (non-hydrogen) atoms. The van der Waals surface area contributed by atoms with Gasteiger partial charge < -0.3 is 14.9 Å². The summed E-state index contributed by atoms with van der Waals surface area (Å²) in [6.07, 6.45) is 0. The summed E-state index contributed by atoms with van der Waals surface area (Å²) in [5.74, 6) is 0.319. The molecule has 0 amide bonds. The van der Waals surface area contributed by atoms with Gasteiger partial charge in [-0.3, -0.25) is 0 Å². The zero-order valence-electron chi connectivity index (χ0n) is 12.5. The van der Waals surface area contributed by atoms with E-state index in [1.807, 2.05) is 32.0 Å². The number of aromatic hydroxyl groups is 1. The molecule has 2 aromatic rings. The Labute approximate surface area is 124 Å². The molecule has 2 heterocycles. The number of phenols is 1. The van der Waals surface area contributed by atoms with Crippen LogP contribution >= 0.6 is 0 Å². The van der Waals surface area contributed by atoms with Gasteiger partial charge in [-0.25, -0.2) is 0 Å². The summed E-state index contributed by atoms with van der Waals surface area (Å²) in [7, 11) is 0.